The fourth-order valence-electron chi connectivity index (χ4n) is 3.14. The van der Waals surface area contributed by atoms with Gasteiger partial charge in [0.1, 0.15) is 0 Å². The lowest BCUT2D eigenvalue weighted by molar-refractivity contribution is 0.101. The van der Waals surface area contributed by atoms with Crippen LogP contribution in [0.1, 0.15) is 26.3 Å². The third-order valence-electron chi connectivity index (χ3n) is 4.80. The molecule has 0 spiro atoms. The smallest absolute Gasteiger partial charge is 0.258 e. The number of carbonyl (C=O) groups excluding carboxylic acids is 2. The van der Waals surface area contributed by atoms with E-state index in [-0.39, 0.29) is 11.8 Å². The molecule has 7 heteroatoms. The van der Waals surface area contributed by atoms with E-state index >= 15 is 0 Å². The minimum atomic E-state index is -0.331. The number of hydrogen-bond donors (Lipinski definition) is 2. The second-order valence-corrected chi connectivity index (χ2v) is 7.28. The maximum absolute atomic E-state index is 12.8. The zero-order chi connectivity index (χ0) is 21.8. The summed E-state index contributed by atoms with van der Waals surface area (Å²) in [6, 6.07) is 21.7. The van der Waals surface area contributed by atoms with Crippen LogP contribution in [0, 0.1) is 6.92 Å². The molecule has 0 aliphatic carbocycles. The molecule has 154 valence electrons. The largest absolute Gasteiger partial charge is 0.322 e. The molecule has 0 atom stereocenters. The SMILES string of the molecule is Cc1c(NC(=O)c2cnn(-c3ccccc3Cl)c2)cccc1C(=O)Nc1ccccc1. The Morgan fingerprint density at radius 3 is 2.39 bits per heavy atom. The molecule has 0 aliphatic rings. The van der Waals surface area contributed by atoms with Crippen LogP contribution in [0.15, 0.2) is 85.2 Å². The number of amides is 2. The van der Waals surface area contributed by atoms with Gasteiger partial charge in [0.2, 0.25) is 0 Å². The van der Waals surface area contributed by atoms with E-state index in [2.05, 4.69) is 15.7 Å². The van der Waals surface area contributed by atoms with E-state index in [0.717, 1.165) is 0 Å². The lowest BCUT2D eigenvalue weighted by atomic mass is 10.1. The predicted octanol–water partition coefficient (Wildman–Crippen LogP) is 5.34. The number of anilines is 2. The summed E-state index contributed by atoms with van der Waals surface area (Å²) in [5, 5.41) is 10.5. The van der Waals surface area contributed by atoms with Gasteiger partial charge in [-0.05, 0) is 48.9 Å². The molecule has 31 heavy (non-hydrogen) atoms. The Morgan fingerprint density at radius 2 is 1.61 bits per heavy atom. The fourth-order valence-corrected chi connectivity index (χ4v) is 3.36. The predicted molar refractivity (Wildman–Crippen MR) is 122 cm³/mol. The van der Waals surface area contributed by atoms with Crippen molar-refractivity contribution in [3.05, 3.63) is 107 Å². The van der Waals surface area contributed by atoms with Crippen molar-refractivity contribution in [1.29, 1.82) is 0 Å². The summed E-state index contributed by atoms with van der Waals surface area (Å²) in [7, 11) is 0. The van der Waals surface area contributed by atoms with Crippen molar-refractivity contribution in [2.75, 3.05) is 10.6 Å². The summed E-state index contributed by atoms with van der Waals surface area (Å²) >= 11 is 6.20. The molecule has 0 bridgehead atoms. The van der Waals surface area contributed by atoms with Gasteiger partial charge in [-0.1, -0.05) is 48.0 Å². The van der Waals surface area contributed by atoms with E-state index in [1.807, 2.05) is 48.5 Å². The first-order valence-electron chi connectivity index (χ1n) is 9.60. The highest BCUT2D eigenvalue weighted by atomic mass is 35.5. The lowest BCUT2D eigenvalue weighted by Gasteiger charge is -2.12. The van der Waals surface area contributed by atoms with E-state index in [1.54, 1.807) is 42.1 Å². The van der Waals surface area contributed by atoms with E-state index < -0.39 is 0 Å². The van der Waals surface area contributed by atoms with Crippen LogP contribution < -0.4 is 10.6 Å². The van der Waals surface area contributed by atoms with Crippen LogP contribution in [0.3, 0.4) is 0 Å². The van der Waals surface area contributed by atoms with Crippen LogP contribution in [-0.2, 0) is 0 Å². The summed E-state index contributed by atoms with van der Waals surface area (Å²) < 4.78 is 1.55. The number of halogens is 1. The molecule has 0 aliphatic heterocycles. The van der Waals surface area contributed by atoms with Crippen LogP contribution in [0.2, 0.25) is 5.02 Å². The first kappa shape index (κ1) is 20.4. The van der Waals surface area contributed by atoms with E-state index in [9.17, 15) is 9.59 Å². The van der Waals surface area contributed by atoms with Crippen LogP contribution in [0.25, 0.3) is 5.69 Å². The summed E-state index contributed by atoms with van der Waals surface area (Å²) in [5.41, 5.74) is 3.46. The van der Waals surface area contributed by atoms with Gasteiger partial charge >= 0.3 is 0 Å². The van der Waals surface area contributed by atoms with Gasteiger partial charge in [-0.3, -0.25) is 9.59 Å². The Kier molecular flexibility index (Phi) is 5.82. The number of aromatic nitrogens is 2. The minimum Gasteiger partial charge on any atom is -0.322 e. The Labute approximate surface area is 184 Å². The van der Waals surface area contributed by atoms with Crippen molar-refractivity contribution in [2.45, 2.75) is 6.92 Å². The summed E-state index contributed by atoms with van der Waals surface area (Å²) in [6.45, 7) is 1.79. The minimum absolute atomic E-state index is 0.244. The number of para-hydroxylation sites is 2. The van der Waals surface area contributed by atoms with Gasteiger partial charge in [0.15, 0.2) is 0 Å². The van der Waals surface area contributed by atoms with Gasteiger partial charge < -0.3 is 10.6 Å². The van der Waals surface area contributed by atoms with Crippen molar-refractivity contribution in [3.8, 4) is 5.69 Å². The Morgan fingerprint density at radius 1 is 0.871 bits per heavy atom. The average Bonchev–Trinajstić information content (AvgIpc) is 3.26. The number of nitrogens with one attached hydrogen (secondary N) is 2. The quantitative estimate of drug-likeness (QED) is 0.448. The molecule has 1 aromatic heterocycles. The highest BCUT2D eigenvalue weighted by molar-refractivity contribution is 6.32. The number of hydrogen-bond acceptors (Lipinski definition) is 3. The Bertz CT molecular complexity index is 1250. The molecule has 6 nitrogen and oxygen atoms in total. The van der Waals surface area contributed by atoms with E-state index in [0.29, 0.717) is 38.8 Å². The van der Waals surface area contributed by atoms with Gasteiger partial charge in [0, 0.05) is 23.1 Å². The van der Waals surface area contributed by atoms with Gasteiger partial charge in [-0.2, -0.15) is 5.10 Å². The van der Waals surface area contributed by atoms with Crippen LogP contribution in [0.4, 0.5) is 11.4 Å². The van der Waals surface area contributed by atoms with Crippen molar-refractivity contribution in [1.82, 2.24) is 9.78 Å². The van der Waals surface area contributed by atoms with Crippen molar-refractivity contribution in [3.63, 3.8) is 0 Å². The zero-order valence-electron chi connectivity index (χ0n) is 16.7. The fraction of sp³-hybridized carbons (Fsp3) is 0.0417. The first-order valence-corrected chi connectivity index (χ1v) is 9.97. The molecule has 2 amide bonds. The standard InChI is InChI=1S/C24H19ClN4O2/c1-16-19(24(31)27-18-8-3-2-4-9-18)10-7-12-21(16)28-23(30)17-14-26-29(15-17)22-13-6-5-11-20(22)25/h2-15H,1H3,(H,27,31)(H,28,30). The van der Waals surface area contributed by atoms with Gasteiger partial charge in [-0.15, -0.1) is 0 Å². The third-order valence-corrected chi connectivity index (χ3v) is 5.12. The molecular weight excluding hydrogens is 412 g/mol. The Hall–Kier alpha value is -3.90. The van der Waals surface area contributed by atoms with Gasteiger partial charge in [-0.25, -0.2) is 4.68 Å². The molecule has 4 rings (SSSR count). The van der Waals surface area contributed by atoms with Crippen LogP contribution in [-0.4, -0.2) is 21.6 Å². The second kappa shape index (κ2) is 8.85. The van der Waals surface area contributed by atoms with Gasteiger partial charge in [0.05, 0.1) is 22.5 Å². The zero-order valence-corrected chi connectivity index (χ0v) is 17.4. The maximum Gasteiger partial charge on any atom is 0.258 e. The van der Waals surface area contributed by atoms with Crippen molar-refractivity contribution >= 4 is 34.8 Å². The van der Waals surface area contributed by atoms with Crippen LogP contribution >= 0.6 is 11.6 Å². The molecule has 4 aromatic rings. The van der Waals surface area contributed by atoms with Gasteiger partial charge in [0.25, 0.3) is 11.8 Å². The normalized spacial score (nSPS) is 10.5. The number of carbonyl (C=O) groups is 2. The summed E-state index contributed by atoms with van der Waals surface area (Å²) in [4.78, 5) is 25.5. The molecule has 0 fully saturated rings. The summed E-state index contributed by atoms with van der Waals surface area (Å²) in [5.74, 6) is -0.576. The molecule has 0 radical (unpaired) electrons. The Balaban J connectivity index is 1.52. The number of nitrogens with zero attached hydrogens (tertiary/aromatic N) is 2. The average molecular weight is 431 g/mol. The molecule has 0 saturated heterocycles. The molecular formula is C24H19ClN4O2. The lowest BCUT2D eigenvalue weighted by Crippen LogP contribution is -2.16. The van der Waals surface area contributed by atoms with E-state index in [4.69, 9.17) is 11.6 Å². The highest BCUT2D eigenvalue weighted by Crippen LogP contribution is 2.22. The molecule has 2 N–H and O–H groups in total. The topological polar surface area (TPSA) is 76.0 Å². The van der Waals surface area contributed by atoms with Crippen molar-refractivity contribution in [2.24, 2.45) is 0 Å². The second-order valence-electron chi connectivity index (χ2n) is 6.88. The molecule has 0 unspecified atom stereocenters. The maximum atomic E-state index is 12.8. The van der Waals surface area contributed by atoms with E-state index in [1.165, 1.54) is 6.20 Å². The monoisotopic (exact) mass is 430 g/mol. The molecule has 3 aromatic carbocycles. The first-order chi connectivity index (χ1) is 15.0. The highest BCUT2D eigenvalue weighted by Gasteiger charge is 2.16. The summed E-state index contributed by atoms with van der Waals surface area (Å²) in [6.07, 6.45) is 3.08. The van der Waals surface area contributed by atoms with Crippen molar-refractivity contribution < 1.29 is 9.59 Å². The third kappa shape index (κ3) is 4.49. The molecule has 0 saturated carbocycles. The van der Waals surface area contributed by atoms with Crippen LogP contribution in [0.5, 0.6) is 0 Å². The number of benzene rings is 3. The molecule has 1 heterocycles. The number of rotatable bonds is 5.